The maximum absolute atomic E-state index is 6.21. The van der Waals surface area contributed by atoms with Gasteiger partial charge in [-0.25, -0.2) is 4.98 Å². The average molecular weight is 306 g/mol. The largest absolute Gasteiger partial charge is 0.324 e. The van der Waals surface area contributed by atoms with Gasteiger partial charge in [0.1, 0.15) is 5.65 Å². The number of hydrogen-bond donors (Lipinski definition) is 0. The van der Waals surface area contributed by atoms with E-state index in [1.807, 2.05) is 31.5 Å². The first-order chi connectivity index (χ1) is 9.58. The van der Waals surface area contributed by atoms with E-state index < -0.39 is 0 Å². The third-order valence-corrected chi connectivity index (χ3v) is 4.20. The molecule has 0 spiro atoms. The summed E-state index contributed by atoms with van der Waals surface area (Å²) in [5.74, 6) is 0. The first-order valence-corrected chi connectivity index (χ1v) is 7.06. The topological polar surface area (TPSA) is 30.7 Å². The van der Waals surface area contributed by atoms with Gasteiger partial charge in [-0.15, -0.1) is 0 Å². The molecule has 3 aromatic rings. The molecule has 0 saturated heterocycles. The van der Waals surface area contributed by atoms with E-state index in [9.17, 15) is 0 Å². The second-order valence-corrected chi connectivity index (χ2v) is 5.60. The molecule has 3 heterocycles. The van der Waals surface area contributed by atoms with Crippen LogP contribution in [-0.4, -0.2) is 14.5 Å². The molecular weight excluding hydrogens is 293 g/mol. The Labute approximate surface area is 127 Å². The molecule has 0 N–H and O–H groups in total. The fourth-order valence-corrected chi connectivity index (χ4v) is 2.58. The van der Waals surface area contributed by atoms with Gasteiger partial charge in [0.15, 0.2) is 0 Å². The van der Waals surface area contributed by atoms with Crippen LogP contribution in [0.25, 0.3) is 11.0 Å². The third-order valence-electron chi connectivity index (χ3n) is 3.41. The minimum Gasteiger partial charge on any atom is -0.324 e. The van der Waals surface area contributed by atoms with E-state index in [0.717, 1.165) is 22.3 Å². The molecule has 20 heavy (non-hydrogen) atoms. The molecule has 0 aliphatic heterocycles. The van der Waals surface area contributed by atoms with Gasteiger partial charge in [0.05, 0.1) is 21.8 Å². The molecule has 1 unspecified atom stereocenters. The average Bonchev–Trinajstić information content (AvgIpc) is 2.87. The van der Waals surface area contributed by atoms with Crippen LogP contribution >= 0.6 is 23.2 Å². The Morgan fingerprint density at radius 2 is 1.90 bits per heavy atom. The van der Waals surface area contributed by atoms with Gasteiger partial charge in [-0.05, 0) is 31.5 Å². The Bertz CT molecular complexity index is 763. The number of hydrogen-bond acceptors (Lipinski definition) is 2. The van der Waals surface area contributed by atoms with Crippen molar-refractivity contribution < 1.29 is 0 Å². The molecule has 0 amide bonds. The van der Waals surface area contributed by atoms with E-state index in [-0.39, 0.29) is 6.04 Å². The van der Waals surface area contributed by atoms with Gasteiger partial charge in [0.2, 0.25) is 0 Å². The molecule has 0 aliphatic carbocycles. The maximum atomic E-state index is 6.21. The van der Waals surface area contributed by atoms with Crippen molar-refractivity contribution in [2.75, 3.05) is 0 Å². The van der Waals surface area contributed by atoms with Crippen LogP contribution < -0.4 is 0 Å². The molecule has 0 fully saturated rings. The second-order valence-electron chi connectivity index (χ2n) is 4.82. The number of rotatable bonds is 2. The molecule has 0 radical (unpaired) electrons. The molecule has 3 nitrogen and oxygen atoms in total. The van der Waals surface area contributed by atoms with E-state index >= 15 is 0 Å². The lowest BCUT2D eigenvalue weighted by atomic mass is 10.2. The van der Waals surface area contributed by atoms with E-state index in [1.54, 1.807) is 6.20 Å². The summed E-state index contributed by atoms with van der Waals surface area (Å²) in [7, 11) is 0. The predicted molar refractivity (Wildman–Crippen MR) is 82.5 cm³/mol. The van der Waals surface area contributed by atoms with Gasteiger partial charge in [-0.1, -0.05) is 29.3 Å². The molecule has 0 saturated carbocycles. The van der Waals surface area contributed by atoms with Gasteiger partial charge >= 0.3 is 0 Å². The van der Waals surface area contributed by atoms with Crippen molar-refractivity contribution in [1.82, 2.24) is 14.5 Å². The summed E-state index contributed by atoms with van der Waals surface area (Å²) in [4.78, 5) is 8.86. The molecule has 0 aliphatic rings. The van der Waals surface area contributed by atoms with Crippen molar-refractivity contribution in [2.45, 2.75) is 19.9 Å². The molecular formula is C15H13Cl2N3. The first-order valence-electron chi connectivity index (χ1n) is 6.31. The van der Waals surface area contributed by atoms with Crippen LogP contribution in [0, 0.1) is 6.92 Å². The van der Waals surface area contributed by atoms with Crippen LogP contribution in [0.2, 0.25) is 10.0 Å². The zero-order valence-corrected chi connectivity index (χ0v) is 12.7. The fourth-order valence-electron chi connectivity index (χ4n) is 2.23. The molecule has 3 aromatic heterocycles. The van der Waals surface area contributed by atoms with Crippen LogP contribution in [0.15, 0.2) is 36.8 Å². The minimum atomic E-state index is 0.0813. The van der Waals surface area contributed by atoms with Crippen LogP contribution in [0.5, 0.6) is 0 Å². The summed E-state index contributed by atoms with van der Waals surface area (Å²) >= 11 is 12.2. The summed E-state index contributed by atoms with van der Waals surface area (Å²) in [6.07, 6.45) is 5.42. The molecule has 1 atom stereocenters. The van der Waals surface area contributed by atoms with Crippen molar-refractivity contribution >= 4 is 34.2 Å². The zero-order valence-electron chi connectivity index (χ0n) is 11.1. The molecule has 0 bridgehead atoms. The van der Waals surface area contributed by atoms with Crippen LogP contribution in [0.3, 0.4) is 0 Å². The number of fused-ring (bicyclic) bond motifs is 1. The van der Waals surface area contributed by atoms with Gasteiger partial charge in [-0.3, -0.25) is 4.98 Å². The molecule has 5 heteroatoms. The van der Waals surface area contributed by atoms with Gasteiger partial charge in [0, 0.05) is 24.0 Å². The number of aryl methyl sites for hydroxylation is 1. The molecule has 102 valence electrons. The van der Waals surface area contributed by atoms with E-state index in [4.69, 9.17) is 23.2 Å². The SMILES string of the molecule is Cc1ccc(C(C)n2ccc3c(Cl)c(Cl)cnc32)nc1. The summed E-state index contributed by atoms with van der Waals surface area (Å²) < 4.78 is 2.05. The van der Waals surface area contributed by atoms with Crippen LogP contribution in [0.1, 0.15) is 24.2 Å². The highest BCUT2D eigenvalue weighted by Crippen LogP contribution is 2.31. The van der Waals surface area contributed by atoms with Gasteiger partial charge in [0.25, 0.3) is 0 Å². The summed E-state index contributed by atoms with van der Waals surface area (Å²) in [6, 6.07) is 6.10. The molecule has 3 rings (SSSR count). The smallest absolute Gasteiger partial charge is 0.142 e. The standard InChI is InChI=1S/C15H13Cl2N3/c1-9-3-4-13(18-7-9)10(2)20-6-5-11-14(17)12(16)8-19-15(11)20/h3-8,10H,1-2H3. The van der Waals surface area contributed by atoms with Crippen LogP contribution in [-0.2, 0) is 0 Å². The highest BCUT2D eigenvalue weighted by Gasteiger charge is 2.15. The number of halogens is 2. The maximum Gasteiger partial charge on any atom is 0.142 e. The Kier molecular flexibility index (Phi) is 3.40. The lowest BCUT2D eigenvalue weighted by molar-refractivity contribution is 0.638. The summed E-state index contributed by atoms with van der Waals surface area (Å²) in [5, 5.41) is 1.87. The second kappa shape index (κ2) is 5.08. The van der Waals surface area contributed by atoms with Crippen molar-refractivity contribution in [1.29, 1.82) is 0 Å². The third kappa shape index (κ3) is 2.17. The highest BCUT2D eigenvalue weighted by molar-refractivity contribution is 6.44. The Hall–Kier alpha value is -1.58. The first kappa shape index (κ1) is 13.4. The lowest BCUT2D eigenvalue weighted by Crippen LogP contribution is -2.08. The zero-order chi connectivity index (χ0) is 14.3. The predicted octanol–water partition coefficient (Wildman–Crippen LogP) is 4.66. The Balaban J connectivity index is 2.10. The van der Waals surface area contributed by atoms with E-state index in [2.05, 4.69) is 27.5 Å². The highest BCUT2D eigenvalue weighted by atomic mass is 35.5. The summed E-state index contributed by atoms with van der Waals surface area (Å²) in [6.45, 7) is 4.11. The minimum absolute atomic E-state index is 0.0813. The lowest BCUT2D eigenvalue weighted by Gasteiger charge is -2.14. The van der Waals surface area contributed by atoms with Crippen LogP contribution in [0.4, 0.5) is 0 Å². The Morgan fingerprint density at radius 3 is 2.60 bits per heavy atom. The van der Waals surface area contributed by atoms with Crippen molar-refractivity contribution in [3.63, 3.8) is 0 Å². The van der Waals surface area contributed by atoms with Crippen molar-refractivity contribution in [2.24, 2.45) is 0 Å². The number of pyridine rings is 2. The van der Waals surface area contributed by atoms with Gasteiger partial charge < -0.3 is 4.57 Å². The van der Waals surface area contributed by atoms with Crippen molar-refractivity contribution in [3.05, 3.63) is 58.1 Å². The van der Waals surface area contributed by atoms with Crippen molar-refractivity contribution in [3.8, 4) is 0 Å². The summed E-state index contributed by atoms with van der Waals surface area (Å²) in [5.41, 5.74) is 2.95. The van der Waals surface area contributed by atoms with E-state index in [0.29, 0.717) is 10.0 Å². The normalized spacial score (nSPS) is 12.8. The number of nitrogens with zero attached hydrogens (tertiary/aromatic N) is 3. The fraction of sp³-hybridized carbons (Fsp3) is 0.200. The monoisotopic (exact) mass is 305 g/mol. The van der Waals surface area contributed by atoms with Gasteiger partial charge in [-0.2, -0.15) is 0 Å². The Morgan fingerprint density at radius 1 is 1.10 bits per heavy atom. The number of aromatic nitrogens is 3. The van der Waals surface area contributed by atoms with E-state index in [1.165, 1.54) is 0 Å². The molecule has 0 aromatic carbocycles. The quantitative estimate of drug-likeness (QED) is 0.689.